The number of hydrogen-bond acceptors (Lipinski definition) is 10. The summed E-state index contributed by atoms with van der Waals surface area (Å²) in [5, 5.41) is 8.70. The van der Waals surface area contributed by atoms with Crippen molar-refractivity contribution in [2.75, 3.05) is 0 Å². The molecule has 0 aliphatic heterocycles. The number of fused-ring (bicyclic) bond motifs is 15. The molecule has 0 aliphatic carbocycles. The standard InChI is InChI=1S/2C21H21N2O.3C20H19N2O/c1-13(2)15-8-10-23(4)18(11-15)20-14(3)5-6-16-17-12-22-9-7-19(17)24-21(16)20;1-13(2)15-9-11-23(4)17(12-15)19-14(3)7-8-16-20-18(24-21(16)19)6-5-10-22-20;1-4-14-9-11-22(3)17(12-14)18-13(2)7-8-15-16-6-5-10-21-20(16)23-19(15)18;1-4-14-9-10-22(3)17(11-14)19-13(2)21-12-16-15-7-5-6-8-18(15)23-20(16)19;1-4-14-9-10-22(3)16(11-14)18-13(2)12-21-19-15-7-5-6-8-17(15)23-20(18)19/h2*5-13H,1-4H3;3*5-12H,4H2,1-3H3/q5*+1. The fourth-order valence-corrected chi connectivity index (χ4v) is 16.0. The van der Waals surface area contributed by atoms with Gasteiger partial charge in [0, 0.05) is 141 Å². The van der Waals surface area contributed by atoms with E-state index >= 15 is 0 Å². The van der Waals surface area contributed by atoms with Crippen LogP contribution in [-0.4, -0.2) is 24.9 Å². The molecule has 20 aromatic rings. The lowest BCUT2D eigenvalue weighted by atomic mass is 9.97. The highest BCUT2D eigenvalue weighted by Gasteiger charge is 2.28. The van der Waals surface area contributed by atoms with Gasteiger partial charge in [0.2, 0.25) is 34.2 Å². The first kappa shape index (κ1) is 77.5. The molecule has 5 aromatic carbocycles. The topological polar surface area (TPSA) is 150 Å². The van der Waals surface area contributed by atoms with Gasteiger partial charge in [-0.2, -0.15) is 0 Å². The second-order valence-electron chi connectivity index (χ2n) is 31.3. The van der Waals surface area contributed by atoms with Gasteiger partial charge >= 0.3 is 0 Å². The Morgan fingerprint density at radius 1 is 0.299 bits per heavy atom. The molecule has 0 unspecified atom stereocenters. The van der Waals surface area contributed by atoms with E-state index < -0.39 is 0 Å². The smallest absolute Gasteiger partial charge is 0.227 e. The first-order valence-corrected chi connectivity index (χ1v) is 40.5. The van der Waals surface area contributed by atoms with Crippen molar-refractivity contribution in [3.8, 4) is 56.3 Å². The van der Waals surface area contributed by atoms with Crippen molar-refractivity contribution in [3.63, 3.8) is 0 Å². The molecule has 0 amide bonds. The zero-order valence-electron chi connectivity index (χ0n) is 69.9. The molecule has 0 saturated carbocycles. The Balaban J connectivity index is 0.000000110. The summed E-state index contributed by atoms with van der Waals surface area (Å²) in [5.74, 6) is 0.978. The Hall–Kier alpha value is -13.4. The van der Waals surface area contributed by atoms with Crippen LogP contribution < -0.4 is 22.8 Å². The number of hydrogen-bond donors (Lipinski definition) is 0. The van der Waals surface area contributed by atoms with Crippen LogP contribution in [0, 0.1) is 34.6 Å². The summed E-state index contributed by atoms with van der Waals surface area (Å²) in [4.78, 5) is 22.4. The molecule has 15 heteroatoms. The van der Waals surface area contributed by atoms with Crippen LogP contribution in [0.2, 0.25) is 0 Å². The maximum absolute atomic E-state index is 6.22. The lowest BCUT2D eigenvalue weighted by molar-refractivity contribution is -0.660. The maximum Gasteiger partial charge on any atom is 0.227 e. The number of rotatable bonds is 10. The summed E-state index contributed by atoms with van der Waals surface area (Å²) >= 11 is 0. The van der Waals surface area contributed by atoms with Gasteiger partial charge in [-0.25, -0.2) is 27.8 Å². The van der Waals surface area contributed by atoms with E-state index in [9.17, 15) is 0 Å². The first-order chi connectivity index (χ1) is 56.7. The average Bonchev–Trinajstić information content (AvgIpc) is 1.64. The Morgan fingerprint density at radius 2 is 0.718 bits per heavy atom. The molecule has 0 atom stereocenters. The molecule has 0 spiro atoms. The van der Waals surface area contributed by atoms with Crippen LogP contribution in [0.4, 0.5) is 0 Å². The second-order valence-corrected chi connectivity index (χ2v) is 31.3. The third-order valence-electron chi connectivity index (χ3n) is 22.9. The zero-order chi connectivity index (χ0) is 81.6. The molecule has 15 heterocycles. The van der Waals surface area contributed by atoms with Gasteiger partial charge in [0.05, 0.1) is 27.9 Å². The van der Waals surface area contributed by atoms with Crippen molar-refractivity contribution in [1.29, 1.82) is 0 Å². The molecule has 0 saturated heterocycles. The lowest BCUT2D eigenvalue weighted by Crippen LogP contribution is -2.31. The molecular weight excluding hydrogens is 1450 g/mol. The summed E-state index contributed by atoms with van der Waals surface area (Å²) in [5.41, 5.74) is 34.5. The average molecular weight is 1540 g/mol. The van der Waals surface area contributed by atoms with E-state index in [1.807, 2.05) is 92.4 Å². The minimum Gasteiger partial charge on any atom is -0.455 e. The van der Waals surface area contributed by atoms with Crippen LogP contribution in [-0.2, 0) is 54.5 Å². The third kappa shape index (κ3) is 14.7. The van der Waals surface area contributed by atoms with Gasteiger partial charge in [0.15, 0.2) is 58.9 Å². The van der Waals surface area contributed by atoms with E-state index in [2.05, 4.69) is 305 Å². The monoisotopic (exact) mass is 1540 g/mol. The summed E-state index contributed by atoms with van der Waals surface area (Å²) in [7, 11) is 10.4. The first-order valence-electron chi connectivity index (χ1n) is 40.5. The van der Waals surface area contributed by atoms with Crippen LogP contribution in [0.15, 0.2) is 266 Å². The summed E-state index contributed by atoms with van der Waals surface area (Å²) < 4.78 is 41.7. The highest BCUT2D eigenvalue weighted by Crippen LogP contribution is 2.42. The van der Waals surface area contributed by atoms with Gasteiger partial charge in [-0.3, -0.25) is 19.9 Å². The molecule has 20 rings (SSSR count). The minimum absolute atomic E-state index is 0.488. The summed E-state index contributed by atoms with van der Waals surface area (Å²) in [6.07, 6.45) is 24.7. The predicted octanol–water partition coefficient (Wildman–Crippen LogP) is 22.8. The van der Waals surface area contributed by atoms with Crippen LogP contribution >= 0.6 is 0 Å². The molecule has 0 N–H and O–H groups in total. The normalized spacial score (nSPS) is 11.5. The SMILES string of the molecule is CCc1cc[n+](C)c(-c2c(C)ccc3c2oc2ncccc23)c1.CCc1cc[n+](C)c(-c2c(C)cnc3c2oc2ccccc23)c1.CCc1cc[n+](C)c(-c2c(C)ncc3c2oc2ccccc23)c1.Cc1ccc2c(oc3cccnc32)c1-c1cc(C(C)C)cc[n+]1C.Cc1ccc2c(oc3ccncc32)c1-c1cc(C(C)C)cc[n+]1C. The Kier molecular flexibility index (Phi) is 21.5. The van der Waals surface area contributed by atoms with Crippen molar-refractivity contribution in [2.24, 2.45) is 35.2 Å². The van der Waals surface area contributed by atoms with Crippen LogP contribution in [0.3, 0.4) is 0 Å². The van der Waals surface area contributed by atoms with E-state index in [0.717, 1.165) is 174 Å². The van der Waals surface area contributed by atoms with E-state index in [1.54, 1.807) is 12.4 Å². The van der Waals surface area contributed by atoms with Gasteiger partial charge in [0.25, 0.3) is 0 Å². The highest BCUT2D eigenvalue weighted by molar-refractivity contribution is 6.12. The van der Waals surface area contributed by atoms with E-state index in [0.29, 0.717) is 17.5 Å². The van der Waals surface area contributed by atoms with Gasteiger partial charge in [-0.05, 0) is 170 Å². The fourth-order valence-electron chi connectivity index (χ4n) is 16.0. The Morgan fingerprint density at radius 3 is 1.28 bits per heavy atom. The Bertz CT molecular complexity index is 6620. The number of aromatic nitrogens is 10. The quantitative estimate of drug-likeness (QED) is 0.121. The van der Waals surface area contributed by atoms with E-state index in [-0.39, 0.29) is 0 Å². The number of aryl methyl sites for hydroxylation is 13. The fraction of sp³-hybridized carbons (Fsp3) is 0.216. The predicted molar refractivity (Wildman–Crippen MR) is 471 cm³/mol. The van der Waals surface area contributed by atoms with Gasteiger partial charge in [0.1, 0.15) is 74.2 Å². The number of para-hydroxylation sites is 2. The number of furan rings is 5. The Labute approximate surface area is 681 Å². The van der Waals surface area contributed by atoms with Crippen molar-refractivity contribution >= 4 is 110 Å². The number of nitrogens with zero attached hydrogens (tertiary/aromatic N) is 10. The van der Waals surface area contributed by atoms with E-state index in [4.69, 9.17) is 22.1 Å². The summed E-state index contributed by atoms with van der Waals surface area (Å²) in [6.45, 7) is 26.0. The van der Waals surface area contributed by atoms with Crippen LogP contribution in [0.1, 0.15) is 116 Å². The van der Waals surface area contributed by atoms with Gasteiger partial charge in [-0.15, -0.1) is 0 Å². The third-order valence-corrected chi connectivity index (χ3v) is 22.9. The number of pyridine rings is 10. The second kappa shape index (κ2) is 32.5. The molecule has 0 fully saturated rings. The molecular formula is C102H99N10O5+5. The van der Waals surface area contributed by atoms with Crippen LogP contribution in [0.25, 0.3) is 166 Å². The van der Waals surface area contributed by atoms with Gasteiger partial charge in [-0.1, -0.05) is 109 Å². The van der Waals surface area contributed by atoms with Crippen molar-refractivity contribution in [3.05, 3.63) is 300 Å². The summed E-state index contributed by atoms with van der Waals surface area (Å²) in [6, 6.07) is 61.1. The van der Waals surface area contributed by atoms with Crippen molar-refractivity contribution in [2.45, 2.75) is 114 Å². The zero-order valence-corrected chi connectivity index (χ0v) is 69.9. The minimum atomic E-state index is 0.488. The molecule has 0 radical (unpaired) electrons. The molecule has 0 aliphatic rings. The number of benzene rings is 5. The van der Waals surface area contributed by atoms with Gasteiger partial charge < -0.3 is 22.1 Å². The van der Waals surface area contributed by atoms with Crippen molar-refractivity contribution < 1.29 is 44.9 Å². The molecule has 0 bridgehead atoms. The van der Waals surface area contributed by atoms with Crippen molar-refractivity contribution in [1.82, 2.24) is 24.9 Å². The maximum atomic E-state index is 6.22. The molecule has 15 aromatic heterocycles. The molecule has 582 valence electrons. The molecule has 15 nitrogen and oxygen atoms in total. The lowest BCUT2D eigenvalue weighted by Gasteiger charge is -2.09. The molecule has 117 heavy (non-hydrogen) atoms. The van der Waals surface area contributed by atoms with Crippen LogP contribution in [0.5, 0.6) is 0 Å². The highest BCUT2D eigenvalue weighted by atomic mass is 16.3. The van der Waals surface area contributed by atoms with E-state index in [1.165, 1.54) is 61.6 Å². The largest absolute Gasteiger partial charge is 0.455 e.